The maximum absolute atomic E-state index is 12.4. The Hall–Kier alpha value is -1.73. The molecule has 0 saturated carbocycles. The molecule has 7 heteroatoms. The van der Waals surface area contributed by atoms with Gasteiger partial charge in [0.2, 0.25) is 0 Å². The van der Waals surface area contributed by atoms with Crippen molar-refractivity contribution in [1.82, 2.24) is 0 Å². The van der Waals surface area contributed by atoms with Gasteiger partial charge in [-0.15, -0.1) is 0 Å². The summed E-state index contributed by atoms with van der Waals surface area (Å²) in [6.45, 7) is 1.88. The first-order chi connectivity index (χ1) is 9.85. The Morgan fingerprint density at radius 3 is 2.57 bits per heavy atom. The van der Waals surface area contributed by atoms with E-state index < -0.39 is 10.0 Å². The van der Waals surface area contributed by atoms with Crippen molar-refractivity contribution < 1.29 is 13.2 Å². The van der Waals surface area contributed by atoms with Gasteiger partial charge >= 0.3 is 0 Å². The summed E-state index contributed by atoms with van der Waals surface area (Å²) in [5.41, 5.74) is 7.32. The van der Waals surface area contributed by atoms with Gasteiger partial charge in [-0.1, -0.05) is 12.1 Å². The molecule has 2 aromatic rings. The number of sulfonamides is 1. The third-order valence-corrected chi connectivity index (χ3v) is 5.43. The van der Waals surface area contributed by atoms with Crippen LogP contribution in [0.15, 0.2) is 45.8 Å². The Kier molecular flexibility index (Phi) is 4.43. The van der Waals surface area contributed by atoms with Gasteiger partial charge in [-0.3, -0.25) is 4.72 Å². The number of hydrogen-bond acceptors (Lipinski definition) is 4. The maximum atomic E-state index is 12.4. The normalized spacial score (nSPS) is 11.2. The Balaban J connectivity index is 2.41. The number of methoxy groups -OCH3 is 1. The van der Waals surface area contributed by atoms with E-state index >= 15 is 0 Å². The van der Waals surface area contributed by atoms with Crippen molar-refractivity contribution in [2.24, 2.45) is 0 Å². The van der Waals surface area contributed by atoms with Crippen molar-refractivity contribution in [3.05, 3.63) is 46.4 Å². The lowest BCUT2D eigenvalue weighted by atomic mass is 10.2. The molecule has 0 spiro atoms. The van der Waals surface area contributed by atoms with Gasteiger partial charge in [-0.05, 0) is 46.6 Å². The lowest BCUT2D eigenvalue weighted by molar-refractivity contribution is 0.414. The second-order valence-corrected chi connectivity index (χ2v) is 6.89. The predicted octanol–water partition coefficient (Wildman–Crippen LogP) is 3.15. The van der Waals surface area contributed by atoms with Crippen LogP contribution in [0.5, 0.6) is 5.75 Å². The van der Waals surface area contributed by atoms with Crippen molar-refractivity contribution in [2.75, 3.05) is 17.6 Å². The first kappa shape index (κ1) is 15.7. The molecule has 112 valence electrons. The second kappa shape index (κ2) is 5.95. The summed E-state index contributed by atoms with van der Waals surface area (Å²) in [5.74, 6) is 0.503. The van der Waals surface area contributed by atoms with Crippen molar-refractivity contribution in [3.63, 3.8) is 0 Å². The molecular weight excluding hydrogens is 356 g/mol. The predicted molar refractivity (Wildman–Crippen MR) is 87.1 cm³/mol. The summed E-state index contributed by atoms with van der Waals surface area (Å²) >= 11 is 3.37. The van der Waals surface area contributed by atoms with Crippen LogP contribution >= 0.6 is 15.9 Å². The van der Waals surface area contributed by atoms with Gasteiger partial charge in [0.25, 0.3) is 10.0 Å². The minimum Gasteiger partial charge on any atom is -0.497 e. The number of nitrogens with one attached hydrogen (secondary N) is 1. The van der Waals surface area contributed by atoms with Gasteiger partial charge in [0.15, 0.2) is 0 Å². The minimum absolute atomic E-state index is 0.0108. The van der Waals surface area contributed by atoms with Crippen molar-refractivity contribution >= 4 is 37.3 Å². The second-order valence-electron chi connectivity index (χ2n) is 4.45. The molecule has 0 saturated heterocycles. The topological polar surface area (TPSA) is 81.4 Å². The minimum atomic E-state index is -3.77. The van der Waals surface area contributed by atoms with Crippen molar-refractivity contribution in [3.8, 4) is 5.75 Å². The van der Waals surface area contributed by atoms with Crippen LogP contribution in [0.4, 0.5) is 11.4 Å². The van der Waals surface area contributed by atoms with E-state index in [4.69, 9.17) is 10.5 Å². The number of anilines is 2. The highest BCUT2D eigenvalue weighted by atomic mass is 79.9. The molecule has 0 bridgehead atoms. The molecule has 0 aliphatic rings. The van der Waals surface area contributed by atoms with Gasteiger partial charge < -0.3 is 10.5 Å². The van der Waals surface area contributed by atoms with E-state index in [-0.39, 0.29) is 10.6 Å². The first-order valence-corrected chi connectivity index (χ1v) is 8.34. The zero-order valence-corrected chi connectivity index (χ0v) is 14.0. The molecule has 5 nitrogen and oxygen atoms in total. The summed E-state index contributed by atoms with van der Waals surface area (Å²) in [5, 5.41) is 0. The molecule has 3 N–H and O–H groups in total. The van der Waals surface area contributed by atoms with Crippen LogP contribution in [0.3, 0.4) is 0 Å². The number of nitrogen functional groups attached to an aromatic ring is 1. The van der Waals surface area contributed by atoms with E-state index in [0.29, 0.717) is 15.9 Å². The molecule has 0 aliphatic heterocycles. The summed E-state index contributed by atoms with van der Waals surface area (Å²) in [6.07, 6.45) is 0. The molecule has 0 atom stereocenters. The summed E-state index contributed by atoms with van der Waals surface area (Å²) < 4.78 is 33.1. The third kappa shape index (κ3) is 3.30. The highest BCUT2D eigenvalue weighted by Gasteiger charge is 2.19. The number of ether oxygens (including phenoxy) is 1. The first-order valence-electron chi connectivity index (χ1n) is 6.06. The van der Waals surface area contributed by atoms with E-state index in [9.17, 15) is 8.42 Å². The van der Waals surface area contributed by atoms with Gasteiger partial charge in [0.05, 0.1) is 18.5 Å². The molecule has 0 heterocycles. The lowest BCUT2D eigenvalue weighted by Gasteiger charge is -2.13. The molecule has 0 fully saturated rings. The van der Waals surface area contributed by atoms with Gasteiger partial charge in [0, 0.05) is 10.5 Å². The van der Waals surface area contributed by atoms with Crippen LogP contribution in [-0.4, -0.2) is 15.5 Å². The van der Waals surface area contributed by atoms with Gasteiger partial charge in [-0.2, -0.15) is 0 Å². The highest BCUT2D eigenvalue weighted by molar-refractivity contribution is 9.10. The average Bonchev–Trinajstić information content (AvgIpc) is 2.43. The van der Waals surface area contributed by atoms with Crippen LogP contribution in [0, 0.1) is 6.92 Å². The number of rotatable bonds is 4. The van der Waals surface area contributed by atoms with Crippen molar-refractivity contribution in [1.29, 1.82) is 0 Å². The van der Waals surface area contributed by atoms with Gasteiger partial charge in [0.1, 0.15) is 10.6 Å². The molecule has 21 heavy (non-hydrogen) atoms. The summed E-state index contributed by atoms with van der Waals surface area (Å²) in [7, 11) is -2.28. The number of hydrogen-bond donors (Lipinski definition) is 2. The fourth-order valence-corrected chi connectivity index (χ4v) is 3.50. The molecule has 0 unspecified atom stereocenters. The summed E-state index contributed by atoms with van der Waals surface area (Å²) in [6, 6.07) is 9.77. The Morgan fingerprint density at radius 1 is 1.24 bits per heavy atom. The van der Waals surface area contributed by atoms with Crippen LogP contribution in [0.1, 0.15) is 5.56 Å². The molecule has 2 rings (SSSR count). The van der Waals surface area contributed by atoms with E-state index in [1.54, 1.807) is 18.2 Å². The fourth-order valence-electron chi connectivity index (χ4n) is 1.82. The molecule has 0 aliphatic carbocycles. The van der Waals surface area contributed by atoms with Crippen LogP contribution in [0.25, 0.3) is 0 Å². The lowest BCUT2D eigenvalue weighted by Crippen LogP contribution is -2.15. The molecule has 0 amide bonds. The van der Waals surface area contributed by atoms with Gasteiger partial charge in [-0.25, -0.2) is 8.42 Å². The SMILES string of the molecule is COc1ccc(S(=O)(=O)Nc2cccc(C)c2Br)c(N)c1. The molecule has 2 aromatic carbocycles. The van der Waals surface area contributed by atoms with Crippen molar-refractivity contribution in [2.45, 2.75) is 11.8 Å². The zero-order chi connectivity index (χ0) is 15.6. The molecule has 0 aromatic heterocycles. The molecule has 0 radical (unpaired) electrons. The van der Waals surface area contributed by atoms with E-state index in [1.807, 2.05) is 13.0 Å². The van der Waals surface area contributed by atoms with Crippen LogP contribution < -0.4 is 15.2 Å². The smallest absolute Gasteiger partial charge is 0.263 e. The average molecular weight is 371 g/mol. The van der Waals surface area contributed by atoms with E-state index in [1.165, 1.54) is 19.2 Å². The molecular formula is C14H15BrN2O3S. The highest BCUT2D eigenvalue weighted by Crippen LogP contribution is 2.30. The largest absolute Gasteiger partial charge is 0.497 e. The maximum Gasteiger partial charge on any atom is 0.263 e. The Morgan fingerprint density at radius 2 is 1.95 bits per heavy atom. The Labute approximate surface area is 132 Å². The standard InChI is InChI=1S/C14H15BrN2O3S/c1-9-4-3-5-12(14(9)15)17-21(18,19)13-7-6-10(20-2)8-11(13)16/h3-8,17H,16H2,1-2H3. The van der Waals surface area contributed by atoms with E-state index in [2.05, 4.69) is 20.7 Å². The van der Waals surface area contributed by atoms with Crippen LogP contribution in [0.2, 0.25) is 0 Å². The number of benzene rings is 2. The fraction of sp³-hybridized carbons (Fsp3) is 0.143. The number of aryl methyl sites for hydroxylation is 1. The quantitative estimate of drug-likeness (QED) is 0.809. The number of halogens is 1. The monoisotopic (exact) mass is 370 g/mol. The Bertz CT molecular complexity index is 776. The third-order valence-electron chi connectivity index (χ3n) is 2.94. The van der Waals surface area contributed by atoms with E-state index in [0.717, 1.165) is 5.56 Å². The number of nitrogens with two attached hydrogens (primary N) is 1. The summed E-state index contributed by atoms with van der Waals surface area (Å²) in [4.78, 5) is 0.0108. The van der Waals surface area contributed by atoms with Crippen LogP contribution in [-0.2, 0) is 10.0 Å². The zero-order valence-electron chi connectivity index (χ0n) is 11.6.